The number of para-hydroxylation sites is 1. The van der Waals surface area contributed by atoms with Crippen molar-refractivity contribution in [2.24, 2.45) is 7.05 Å². The first-order valence-electron chi connectivity index (χ1n) is 5.52. The van der Waals surface area contributed by atoms with Crippen LogP contribution in [0.15, 0.2) is 30.5 Å². The van der Waals surface area contributed by atoms with E-state index in [1.165, 1.54) is 10.9 Å². The van der Waals surface area contributed by atoms with Gasteiger partial charge in [0.2, 0.25) is 0 Å². The number of nitrogens with zero attached hydrogens (tertiary/aromatic N) is 2. The zero-order valence-electron chi connectivity index (χ0n) is 10.3. The van der Waals surface area contributed by atoms with Crippen molar-refractivity contribution in [1.29, 1.82) is 0 Å². The monoisotopic (exact) mass is 246 g/mol. The summed E-state index contributed by atoms with van der Waals surface area (Å²) in [5.41, 5.74) is 1.73. The van der Waals surface area contributed by atoms with E-state index in [1.54, 1.807) is 7.05 Å². The van der Waals surface area contributed by atoms with E-state index in [0.717, 1.165) is 11.3 Å². The van der Waals surface area contributed by atoms with Crippen LogP contribution >= 0.6 is 0 Å². The lowest BCUT2D eigenvalue weighted by Crippen LogP contribution is -2.08. The van der Waals surface area contributed by atoms with E-state index in [1.807, 2.05) is 31.2 Å². The number of aryl methyl sites for hydroxylation is 2. The van der Waals surface area contributed by atoms with Gasteiger partial charge >= 0.3 is 5.97 Å². The fraction of sp³-hybridized carbons (Fsp3) is 0.231. The quantitative estimate of drug-likeness (QED) is 0.896. The molecule has 0 saturated heterocycles. The highest BCUT2D eigenvalue weighted by atomic mass is 16.5. The van der Waals surface area contributed by atoms with Crippen LogP contribution in [-0.2, 0) is 13.7 Å². The molecule has 0 amide bonds. The Morgan fingerprint density at radius 2 is 2.17 bits per heavy atom. The summed E-state index contributed by atoms with van der Waals surface area (Å²) in [5.74, 6) is -0.249. The maximum absolute atomic E-state index is 11.0. The molecule has 18 heavy (non-hydrogen) atoms. The van der Waals surface area contributed by atoms with Gasteiger partial charge in [0.25, 0.3) is 0 Å². The highest BCUT2D eigenvalue weighted by molar-refractivity contribution is 5.88. The van der Waals surface area contributed by atoms with Crippen molar-refractivity contribution in [3.63, 3.8) is 0 Å². The van der Waals surface area contributed by atoms with E-state index >= 15 is 0 Å². The molecule has 0 aliphatic carbocycles. The van der Waals surface area contributed by atoms with Crippen molar-refractivity contribution in [3.05, 3.63) is 47.3 Å². The molecule has 0 aliphatic heterocycles. The van der Waals surface area contributed by atoms with Crippen molar-refractivity contribution in [1.82, 2.24) is 9.78 Å². The molecule has 2 aromatic rings. The average molecular weight is 246 g/mol. The molecule has 0 fully saturated rings. The number of ether oxygens (including phenoxy) is 1. The minimum absolute atomic E-state index is 0.172. The van der Waals surface area contributed by atoms with Crippen LogP contribution in [0.4, 0.5) is 0 Å². The van der Waals surface area contributed by atoms with Crippen LogP contribution < -0.4 is 4.74 Å². The number of carboxylic acid groups (broad SMARTS) is 1. The molecule has 1 N–H and O–H groups in total. The largest absolute Gasteiger partial charge is 0.487 e. The number of aromatic nitrogens is 2. The molecule has 1 aromatic carbocycles. The lowest BCUT2D eigenvalue weighted by Gasteiger charge is -2.09. The second-order valence-corrected chi connectivity index (χ2v) is 3.99. The van der Waals surface area contributed by atoms with Gasteiger partial charge in [-0.1, -0.05) is 18.2 Å². The fourth-order valence-corrected chi connectivity index (χ4v) is 1.68. The highest BCUT2D eigenvalue weighted by Crippen LogP contribution is 2.18. The molecule has 0 saturated carbocycles. The summed E-state index contributed by atoms with van der Waals surface area (Å²) >= 11 is 0. The molecule has 5 heteroatoms. The molecule has 2 rings (SSSR count). The van der Waals surface area contributed by atoms with Crippen LogP contribution in [0.25, 0.3) is 0 Å². The van der Waals surface area contributed by atoms with Gasteiger partial charge in [-0.3, -0.25) is 4.68 Å². The number of carbonyl (C=O) groups is 1. The van der Waals surface area contributed by atoms with Gasteiger partial charge < -0.3 is 9.84 Å². The average Bonchev–Trinajstić information content (AvgIpc) is 2.70. The summed E-state index contributed by atoms with van der Waals surface area (Å²) < 4.78 is 7.14. The van der Waals surface area contributed by atoms with Crippen molar-refractivity contribution in [3.8, 4) is 5.75 Å². The minimum atomic E-state index is -0.994. The van der Waals surface area contributed by atoms with Crippen LogP contribution in [-0.4, -0.2) is 20.9 Å². The summed E-state index contributed by atoms with van der Waals surface area (Å²) in [5, 5.41) is 13.0. The van der Waals surface area contributed by atoms with E-state index in [-0.39, 0.29) is 12.2 Å². The van der Waals surface area contributed by atoms with E-state index in [0.29, 0.717) is 5.69 Å². The Bertz CT molecular complexity index is 575. The van der Waals surface area contributed by atoms with Crippen LogP contribution in [0, 0.1) is 6.92 Å². The van der Waals surface area contributed by atoms with Gasteiger partial charge in [-0.2, -0.15) is 5.10 Å². The Morgan fingerprint density at radius 3 is 2.83 bits per heavy atom. The Hall–Kier alpha value is -2.30. The van der Waals surface area contributed by atoms with E-state index in [4.69, 9.17) is 9.84 Å². The van der Waals surface area contributed by atoms with Crippen LogP contribution in [0.1, 0.15) is 21.6 Å². The Balaban J connectivity index is 2.18. The number of rotatable bonds is 4. The second kappa shape index (κ2) is 4.91. The van der Waals surface area contributed by atoms with Crippen LogP contribution in [0.2, 0.25) is 0 Å². The molecule has 0 spiro atoms. The molecule has 0 unspecified atom stereocenters. The number of benzene rings is 1. The second-order valence-electron chi connectivity index (χ2n) is 3.99. The predicted molar refractivity (Wildman–Crippen MR) is 65.7 cm³/mol. The number of carboxylic acids is 1. The van der Waals surface area contributed by atoms with E-state index in [9.17, 15) is 4.79 Å². The molecule has 0 atom stereocenters. The Morgan fingerprint density at radius 1 is 1.44 bits per heavy atom. The molecule has 0 bridgehead atoms. The van der Waals surface area contributed by atoms with Gasteiger partial charge in [0.15, 0.2) is 0 Å². The molecule has 94 valence electrons. The third kappa shape index (κ3) is 2.34. The van der Waals surface area contributed by atoms with Gasteiger partial charge in [0.05, 0.1) is 11.9 Å². The fourth-order valence-electron chi connectivity index (χ4n) is 1.68. The van der Waals surface area contributed by atoms with Crippen molar-refractivity contribution in [2.75, 3.05) is 0 Å². The molecule has 0 aliphatic rings. The van der Waals surface area contributed by atoms with Crippen molar-refractivity contribution >= 4 is 5.97 Å². The zero-order chi connectivity index (χ0) is 13.1. The topological polar surface area (TPSA) is 64.3 Å². The van der Waals surface area contributed by atoms with Crippen molar-refractivity contribution < 1.29 is 14.6 Å². The molecule has 1 aromatic heterocycles. The first kappa shape index (κ1) is 12.2. The normalized spacial score (nSPS) is 10.3. The third-order valence-corrected chi connectivity index (χ3v) is 2.75. The standard InChI is InChI=1S/C13H14N2O3/c1-9-5-3-4-6-12(9)18-8-11-10(13(16)17)7-14-15(11)2/h3-7H,8H2,1-2H3,(H,16,17). The van der Waals surface area contributed by atoms with Gasteiger partial charge in [-0.15, -0.1) is 0 Å². The van der Waals surface area contributed by atoms with Crippen LogP contribution in [0.5, 0.6) is 5.75 Å². The van der Waals surface area contributed by atoms with Crippen molar-refractivity contribution in [2.45, 2.75) is 13.5 Å². The first-order chi connectivity index (χ1) is 8.59. The summed E-state index contributed by atoms with van der Waals surface area (Å²) in [4.78, 5) is 11.0. The maximum atomic E-state index is 11.0. The minimum Gasteiger partial charge on any atom is -0.487 e. The summed E-state index contributed by atoms with van der Waals surface area (Å²) in [6, 6.07) is 7.60. The summed E-state index contributed by atoms with van der Waals surface area (Å²) in [7, 11) is 1.70. The number of aromatic carboxylic acids is 1. The SMILES string of the molecule is Cc1ccccc1OCc1c(C(=O)O)cnn1C. The summed E-state index contributed by atoms with van der Waals surface area (Å²) in [6.07, 6.45) is 1.33. The predicted octanol–water partition coefficient (Wildman–Crippen LogP) is 2.01. The third-order valence-electron chi connectivity index (χ3n) is 2.75. The Labute approximate surface area is 105 Å². The zero-order valence-corrected chi connectivity index (χ0v) is 10.3. The van der Waals surface area contributed by atoms with E-state index < -0.39 is 5.97 Å². The van der Waals surface area contributed by atoms with Gasteiger partial charge in [-0.05, 0) is 18.6 Å². The number of hydrogen-bond acceptors (Lipinski definition) is 3. The summed E-state index contributed by atoms with van der Waals surface area (Å²) in [6.45, 7) is 2.12. The Kier molecular flexibility index (Phi) is 3.32. The molecule has 1 heterocycles. The molecule has 0 radical (unpaired) electrons. The highest BCUT2D eigenvalue weighted by Gasteiger charge is 2.15. The lowest BCUT2D eigenvalue weighted by molar-refractivity contribution is 0.0693. The maximum Gasteiger partial charge on any atom is 0.339 e. The van der Waals surface area contributed by atoms with Gasteiger partial charge in [-0.25, -0.2) is 4.79 Å². The molecular formula is C13H14N2O3. The van der Waals surface area contributed by atoms with Crippen LogP contribution in [0.3, 0.4) is 0 Å². The van der Waals surface area contributed by atoms with Gasteiger partial charge in [0, 0.05) is 7.05 Å². The van der Waals surface area contributed by atoms with Gasteiger partial charge in [0.1, 0.15) is 17.9 Å². The van der Waals surface area contributed by atoms with E-state index in [2.05, 4.69) is 5.10 Å². The smallest absolute Gasteiger partial charge is 0.339 e. The molecular weight excluding hydrogens is 232 g/mol. The molecule has 5 nitrogen and oxygen atoms in total. The number of hydrogen-bond donors (Lipinski definition) is 1. The first-order valence-corrected chi connectivity index (χ1v) is 5.52. The lowest BCUT2D eigenvalue weighted by atomic mass is 10.2.